The fourth-order valence-electron chi connectivity index (χ4n) is 2.98. The Morgan fingerprint density at radius 1 is 1.23 bits per heavy atom. The predicted molar refractivity (Wildman–Crippen MR) is 99.8 cm³/mol. The monoisotopic (exact) mass is 358 g/mol. The van der Waals surface area contributed by atoms with Crippen LogP contribution in [0.1, 0.15) is 19.4 Å². The number of rotatable bonds is 4. The van der Waals surface area contributed by atoms with Crippen LogP contribution in [0, 0.1) is 17.0 Å². The number of morpholine rings is 1. The molecule has 9 heteroatoms. The molecule has 1 aromatic carbocycles. The second-order valence-electron chi connectivity index (χ2n) is 6.52. The maximum Gasteiger partial charge on any atom is 0.353 e. The van der Waals surface area contributed by atoms with Crippen molar-refractivity contribution >= 4 is 29.0 Å². The van der Waals surface area contributed by atoms with Crippen LogP contribution >= 0.6 is 0 Å². The van der Waals surface area contributed by atoms with Crippen LogP contribution in [0.3, 0.4) is 0 Å². The minimum absolute atomic E-state index is 0.00674. The Balaban J connectivity index is 1.99. The first kappa shape index (κ1) is 17.9. The van der Waals surface area contributed by atoms with Gasteiger partial charge in [0.05, 0.1) is 17.1 Å². The summed E-state index contributed by atoms with van der Waals surface area (Å²) in [7, 11) is 0. The number of aryl methyl sites for hydroxylation is 1. The normalized spacial score (nSPS) is 20.0. The molecule has 1 fully saturated rings. The SMILES string of the molecule is Cc1ccc(Nc2nc(N3CC(C)OC(C)C3)nc(N)c2[N+](=O)[O-])cc1. The second kappa shape index (κ2) is 7.12. The Hall–Kier alpha value is -2.94. The van der Waals surface area contributed by atoms with Crippen molar-refractivity contribution in [2.45, 2.75) is 33.0 Å². The summed E-state index contributed by atoms with van der Waals surface area (Å²) in [6.45, 7) is 7.07. The Morgan fingerprint density at radius 3 is 2.42 bits per heavy atom. The fourth-order valence-corrected chi connectivity index (χ4v) is 2.98. The number of aromatic nitrogens is 2. The molecule has 2 aromatic rings. The Labute approximate surface area is 151 Å². The molecule has 9 nitrogen and oxygen atoms in total. The van der Waals surface area contributed by atoms with Gasteiger partial charge in [-0.15, -0.1) is 0 Å². The molecule has 0 aliphatic carbocycles. The van der Waals surface area contributed by atoms with Crippen molar-refractivity contribution in [2.75, 3.05) is 29.0 Å². The third kappa shape index (κ3) is 3.83. The van der Waals surface area contributed by atoms with E-state index in [1.54, 1.807) is 0 Å². The van der Waals surface area contributed by atoms with Crippen LogP contribution in [0.15, 0.2) is 24.3 Å². The summed E-state index contributed by atoms with van der Waals surface area (Å²) in [5, 5.41) is 14.4. The lowest BCUT2D eigenvalue weighted by Crippen LogP contribution is -2.46. The van der Waals surface area contributed by atoms with Crippen molar-refractivity contribution in [1.29, 1.82) is 0 Å². The molecule has 0 amide bonds. The quantitative estimate of drug-likeness (QED) is 0.632. The van der Waals surface area contributed by atoms with Gasteiger partial charge in [-0.2, -0.15) is 9.97 Å². The number of nitrogens with two attached hydrogens (primary N) is 1. The Bertz CT molecular complexity index is 801. The molecule has 1 aromatic heterocycles. The van der Waals surface area contributed by atoms with Gasteiger partial charge in [-0.25, -0.2) is 0 Å². The topological polar surface area (TPSA) is 119 Å². The zero-order valence-corrected chi connectivity index (χ0v) is 15.0. The molecule has 0 radical (unpaired) electrons. The molecule has 0 bridgehead atoms. The molecular formula is C17H22N6O3. The first-order valence-corrected chi connectivity index (χ1v) is 8.39. The van der Waals surface area contributed by atoms with Gasteiger partial charge < -0.3 is 20.7 Å². The van der Waals surface area contributed by atoms with E-state index in [1.807, 2.05) is 49.9 Å². The van der Waals surface area contributed by atoms with Gasteiger partial charge >= 0.3 is 5.69 Å². The van der Waals surface area contributed by atoms with E-state index in [2.05, 4.69) is 15.3 Å². The molecule has 26 heavy (non-hydrogen) atoms. The maximum atomic E-state index is 11.5. The minimum atomic E-state index is -0.569. The highest BCUT2D eigenvalue weighted by molar-refractivity contribution is 5.74. The van der Waals surface area contributed by atoms with Gasteiger partial charge in [-0.1, -0.05) is 17.7 Å². The van der Waals surface area contributed by atoms with E-state index in [9.17, 15) is 10.1 Å². The molecule has 1 saturated heterocycles. The molecule has 2 unspecified atom stereocenters. The van der Waals surface area contributed by atoms with E-state index in [4.69, 9.17) is 10.5 Å². The number of nitrogens with zero attached hydrogens (tertiary/aromatic N) is 4. The van der Waals surface area contributed by atoms with Gasteiger partial charge in [-0.3, -0.25) is 10.1 Å². The standard InChI is InChI=1S/C17H22N6O3/c1-10-4-6-13(7-5-10)19-16-14(23(24)25)15(18)20-17(21-16)22-8-11(2)26-12(3)9-22/h4-7,11-12H,8-9H2,1-3H3,(H3,18,19,20,21). The molecule has 2 heterocycles. The molecule has 0 saturated carbocycles. The Kier molecular flexibility index (Phi) is 4.90. The minimum Gasteiger partial charge on any atom is -0.378 e. The number of hydrogen-bond donors (Lipinski definition) is 2. The summed E-state index contributed by atoms with van der Waals surface area (Å²) in [5.74, 6) is 0.263. The highest BCUT2D eigenvalue weighted by Gasteiger charge is 2.29. The number of ether oxygens (including phenoxy) is 1. The van der Waals surface area contributed by atoms with Gasteiger partial charge in [0.2, 0.25) is 17.6 Å². The van der Waals surface area contributed by atoms with E-state index >= 15 is 0 Å². The summed E-state index contributed by atoms with van der Waals surface area (Å²) in [4.78, 5) is 21.4. The van der Waals surface area contributed by atoms with Crippen molar-refractivity contribution < 1.29 is 9.66 Å². The fraction of sp³-hybridized carbons (Fsp3) is 0.412. The van der Waals surface area contributed by atoms with Crippen LogP contribution < -0.4 is 16.0 Å². The molecule has 3 rings (SSSR count). The molecular weight excluding hydrogens is 336 g/mol. The van der Waals surface area contributed by atoms with Crippen molar-refractivity contribution in [2.24, 2.45) is 0 Å². The van der Waals surface area contributed by atoms with Gasteiger partial charge in [0.25, 0.3) is 0 Å². The number of nitro groups is 1. The lowest BCUT2D eigenvalue weighted by Gasteiger charge is -2.35. The number of nitrogens with one attached hydrogen (secondary N) is 1. The van der Waals surface area contributed by atoms with Crippen molar-refractivity contribution in [3.05, 3.63) is 39.9 Å². The summed E-state index contributed by atoms with van der Waals surface area (Å²) in [6.07, 6.45) is 0.0135. The predicted octanol–water partition coefficient (Wildman–Crippen LogP) is 2.63. The average molecular weight is 358 g/mol. The first-order chi connectivity index (χ1) is 12.3. The highest BCUT2D eigenvalue weighted by Crippen LogP contribution is 2.33. The van der Waals surface area contributed by atoms with E-state index in [0.717, 1.165) is 5.56 Å². The number of anilines is 4. The molecule has 1 aliphatic rings. The van der Waals surface area contributed by atoms with Crippen LogP contribution in [-0.4, -0.2) is 40.2 Å². The van der Waals surface area contributed by atoms with Crippen LogP contribution in [0.5, 0.6) is 0 Å². The van der Waals surface area contributed by atoms with Crippen molar-refractivity contribution in [1.82, 2.24) is 9.97 Å². The summed E-state index contributed by atoms with van der Waals surface area (Å²) in [5.41, 5.74) is 7.33. The lowest BCUT2D eigenvalue weighted by atomic mass is 10.2. The largest absolute Gasteiger partial charge is 0.378 e. The smallest absolute Gasteiger partial charge is 0.353 e. The Morgan fingerprint density at radius 2 is 1.85 bits per heavy atom. The number of benzene rings is 1. The molecule has 0 spiro atoms. The summed E-state index contributed by atoms with van der Waals surface area (Å²) < 4.78 is 5.71. The van der Waals surface area contributed by atoms with Crippen LogP contribution in [-0.2, 0) is 4.74 Å². The van der Waals surface area contributed by atoms with Gasteiger partial charge in [-0.05, 0) is 32.9 Å². The van der Waals surface area contributed by atoms with E-state index < -0.39 is 4.92 Å². The van der Waals surface area contributed by atoms with E-state index in [-0.39, 0.29) is 29.5 Å². The van der Waals surface area contributed by atoms with Gasteiger partial charge in [0.1, 0.15) is 0 Å². The third-order valence-electron chi connectivity index (χ3n) is 4.10. The van der Waals surface area contributed by atoms with Crippen LogP contribution in [0.2, 0.25) is 0 Å². The summed E-state index contributed by atoms with van der Waals surface area (Å²) >= 11 is 0. The molecule has 138 valence electrons. The average Bonchev–Trinajstić information content (AvgIpc) is 2.55. The van der Waals surface area contributed by atoms with Crippen molar-refractivity contribution in [3.8, 4) is 0 Å². The lowest BCUT2D eigenvalue weighted by molar-refractivity contribution is -0.383. The highest BCUT2D eigenvalue weighted by atomic mass is 16.6. The molecule has 2 atom stereocenters. The van der Waals surface area contributed by atoms with Crippen molar-refractivity contribution in [3.63, 3.8) is 0 Å². The van der Waals surface area contributed by atoms with Crippen LogP contribution in [0.4, 0.5) is 29.0 Å². The zero-order chi connectivity index (χ0) is 18.8. The van der Waals surface area contributed by atoms with Crippen LogP contribution in [0.25, 0.3) is 0 Å². The number of nitrogen functional groups attached to an aromatic ring is 1. The molecule has 1 aliphatic heterocycles. The summed E-state index contributed by atoms with van der Waals surface area (Å²) in [6, 6.07) is 7.47. The van der Waals surface area contributed by atoms with Gasteiger partial charge in [0, 0.05) is 18.8 Å². The van der Waals surface area contributed by atoms with E-state index in [1.165, 1.54) is 0 Å². The second-order valence-corrected chi connectivity index (χ2v) is 6.52. The maximum absolute atomic E-state index is 11.5. The number of hydrogen-bond acceptors (Lipinski definition) is 8. The van der Waals surface area contributed by atoms with Gasteiger partial charge in [0.15, 0.2) is 0 Å². The first-order valence-electron chi connectivity index (χ1n) is 8.39. The molecule has 3 N–H and O–H groups in total. The zero-order valence-electron chi connectivity index (χ0n) is 15.0. The third-order valence-corrected chi connectivity index (χ3v) is 4.10. The van der Waals surface area contributed by atoms with E-state index in [0.29, 0.717) is 24.7 Å².